The molecular weight excluding hydrogens is 300 g/mol. The lowest BCUT2D eigenvalue weighted by Crippen LogP contribution is -3.19. The number of allylic oxidation sites excluding steroid dienone is 1. The number of rotatable bonds is 3. The summed E-state index contributed by atoms with van der Waals surface area (Å²) in [6.07, 6.45) is 0. The van der Waals surface area contributed by atoms with Crippen LogP contribution in [0.5, 0.6) is 0 Å². The van der Waals surface area contributed by atoms with Crippen LogP contribution >= 0.6 is 34.8 Å². The van der Waals surface area contributed by atoms with E-state index in [0.717, 1.165) is 4.90 Å². The van der Waals surface area contributed by atoms with Gasteiger partial charge in [-0.05, 0) is 13.8 Å². The SMILES string of the molecule is CC(=O)/C(=C(/C)O)[C@@H]([NH+]1CCOCC1)C(Cl)(Cl)Cl. The van der Waals surface area contributed by atoms with Crippen molar-refractivity contribution in [3.63, 3.8) is 0 Å². The van der Waals surface area contributed by atoms with Crippen molar-refractivity contribution in [1.82, 2.24) is 0 Å². The van der Waals surface area contributed by atoms with Gasteiger partial charge in [0.2, 0.25) is 3.79 Å². The van der Waals surface area contributed by atoms with E-state index in [1.165, 1.54) is 13.8 Å². The van der Waals surface area contributed by atoms with Crippen LogP contribution in [0, 0.1) is 0 Å². The van der Waals surface area contributed by atoms with Crippen LogP contribution in [-0.4, -0.2) is 47.0 Å². The van der Waals surface area contributed by atoms with E-state index in [0.29, 0.717) is 26.3 Å². The van der Waals surface area contributed by atoms with Gasteiger partial charge in [0.05, 0.1) is 18.8 Å². The average molecular weight is 318 g/mol. The topological polar surface area (TPSA) is 51.0 Å². The number of aliphatic hydroxyl groups excluding tert-OH is 1. The molecule has 0 unspecified atom stereocenters. The van der Waals surface area contributed by atoms with Crippen LogP contribution in [0.25, 0.3) is 0 Å². The number of ketones is 1. The van der Waals surface area contributed by atoms with Gasteiger partial charge in [-0.3, -0.25) is 4.79 Å². The molecule has 1 fully saturated rings. The molecule has 0 aromatic rings. The first-order valence-corrected chi connectivity index (χ1v) is 6.78. The number of hydrogen-bond donors (Lipinski definition) is 2. The molecule has 0 radical (unpaired) electrons. The summed E-state index contributed by atoms with van der Waals surface area (Å²) in [4.78, 5) is 12.6. The molecule has 104 valence electrons. The molecular formula is C11H17Cl3NO3+. The first-order chi connectivity index (χ1) is 8.25. The number of alkyl halides is 3. The number of quaternary nitrogens is 1. The second kappa shape index (κ2) is 6.44. The molecule has 1 aliphatic rings. The number of morpholine rings is 1. The minimum Gasteiger partial charge on any atom is -0.512 e. The number of carbonyl (C=O) groups excluding carboxylic acids is 1. The molecule has 1 heterocycles. The lowest BCUT2D eigenvalue weighted by molar-refractivity contribution is -0.926. The van der Waals surface area contributed by atoms with Gasteiger partial charge in [-0.1, -0.05) is 34.8 Å². The fraction of sp³-hybridized carbons (Fsp3) is 0.727. The maximum atomic E-state index is 11.7. The zero-order valence-corrected chi connectivity index (χ0v) is 12.6. The standard InChI is InChI=1S/C11H16Cl3NO3/c1-7(16)9(8(2)17)10(11(12,13)14)15-3-5-18-6-4-15/h10,16H,3-6H2,1-2H3/p+1/b9-7+/t10-/m1/s1. The second-order valence-electron chi connectivity index (χ2n) is 4.30. The van der Waals surface area contributed by atoms with Gasteiger partial charge in [-0.15, -0.1) is 0 Å². The maximum absolute atomic E-state index is 11.7. The van der Waals surface area contributed by atoms with Crippen LogP contribution in [0.3, 0.4) is 0 Å². The molecule has 2 N–H and O–H groups in total. The number of hydrogen-bond acceptors (Lipinski definition) is 3. The molecule has 0 amide bonds. The van der Waals surface area contributed by atoms with E-state index >= 15 is 0 Å². The number of nitrogens with one attached hydrogen (secondary N) is 1. The predicted octanol–water partition coefficient (Wildman–Crippen LogP) is 1.06. The molecule has 0 saturated carbocycles. The van der Waals surface area contributed by atoms with Gasteiger partial charge in [-0.25, -0.2) is 0 Å². The summed E-state index contributed by atoms with van der Waals surface area (Å²) in [6.45, 7) is 5.13. The Morgan fingerprint density at radius 3 is 2.11 bits per heavy atom. The molecule has 1 rings (SSSR count). The van der Waals surface area contributed by atoms with Crippen LogP contribution in [0.2, 0.25) is 0 Å². The zero-order valence-electron chi connectivity index (χ0n) is 10.3. The minimum absolute atomic E-state index is 0.0992. The van der Waals surface area contributed by atoms with Gasteiger partial charge in [-0.2, -0.15) is 0 Å². The number of halogens is 3. The largest absolute Gasteiger partial charge is 0.512 e. The molecule has 7 heteroatoms. The molecule has 0 aliphatic carbocycles. The first-order valence-electron chi connectivity index (χ1n) is 5.65. The van der Waals surface area contributed by atoms with Crippen molar-refractivity contribution in [2.75, 3.05) is 26.3 Å². The van der Waals surface area contributed by atoms with Crippen molar-refractivity contribution in [1.29, 1.82) is 0 Å². The fourth-order valence-electron chi connectivity index (χ4n) is 2.19. The Morgan fingerprint density at radius 1 is 1.28 bits per heavy atom. The summed E-state index contributed by atoms with van der Waals surface area (Å²) in [5, 5.41) is 9.69. The van der Waals surface area contributed by atoms with Gasteiger partial charge < -0.3 is 14.7 Å². The van der Waals surface area contributed by atoms with Crippen LogP contribution < -0.4 is 4.90 Å². The molecule has 4 nitrogen and oxygen atoms in total. The van der Waals surface area contributed by atoms with Crippen molar-refractivity contribution >= 4 is 40.6 Å². The predicted molar refractivity (Wildman–Crippen MR) is 71.6 cm³/mol. The van der Waals surface area contributed by atoms with Crippen LogP contribution in [0.4, 0.5) is 0 Å². The summed E-state index contributed by atoms with van der Waals surface area (Å²) in [6, 6.07) is -0.686. The van der Waals surface area contributed by atoms with E-state index < -0.39 is 9.83 Å². The molecule has 0 aromatic heterocycles. The maximum Gasteiger partial charge on any atom is 0.246 e. The fourth-order valence-corrected chi connectivity index (χ4v) is 2.98. The van der Waals surface area contributed by atoms with Crippen LogP contribution in [0.15, 0.2) is 11.3 Å². The zero-order chi connectivity index (χ0) is 13.9. The highest BCUT2D eigenvalue weighted by Crippen LogP contribution is 2.33. The molecule has 0 aromatic carbocycles. The Kier molecular flexibility index (Phi) is 5.74. The summed E-state index contributed by atoms with van der Waals surface area (Å²) in [5.74, 6) is -0.386. The molecule has 0 bridgehead atoms. The highest BCUT2D eigenvalue weighted by atomic mass is 35.6. The Labute approximate surface area is 121 Å². The number of aliphatic hydroxyl groups is 1. The molecule has 1 aliphatic heterocycles. The van der Waals surface area contributed by atoms with Crippen molar-refractivity contribution in [3.05, 3.63) is 11.3 Å². The monoisotopic (exact) mass is 316 g/mol. The van der Waals surface area contributed by atoms with Crippen molar-refractivity contribution in [3.8, 4) is 0 Å². The molecule has 1 atom stereocenters. The van der Waals surface area contributed by atoms with Crippen molar-refractivity contribution in [2.45, 2.75) is 23.7 Å². The van der Waals surface area contributed by atoms with Gasteiger partial charge in [0.1, 0.15) is 18.8 Å². The Morgan fingerprint density at radius 2 is 1.78 bits per heavy atom. The third kappa shape index (κ3) is 4.00. The summed E-state index contributed by atoms with van der Waals surface area (Å²) >= 11 is 18.0. The Bertz CT molecular complexity index is 342. The van der Waals surface area contributed by atoms with Gasteiger partial charge in [0, 0.05) is 0 Å². The van der Waals surface area contributed by atoms with E-state index in [9.17, 15) is 9.90 Å². The quantitative estimate of drug-likeness (QED) is 0.465. The van der Waals surface area contributed by atoms with E-state index in [1.54, 1.807) is 0 Å². The van der Waals surface area contributed by atoms with E-state index in [4.69, 9.17) is 39.5 Å². The molecule has 0 spiro atoms. The molecule has 1 saturated heterocycles. The lowest BCUT2D eigenvalue weighted by atomic mass is 10.0. The highest BCUT2D eigenvalue weighted by Gasteiger charge is 2.46. The Balaban J connectivity index is 3.12. The molecule has 18 heavy (non-hydrogen) atoms. The number of Topliss-reactive ketones (excluding diaryl/α,β-unsaturated/α-hetero) is 1. The smallest absolute Gasteiger partial charge is 0.246 e. The summed E-state index contributed by atoms with van der Waals surface area (Å²) in [5.41, 5.74) is 0.173. The summed E-state index contributed by atoms with van der Waals surface area (Å²) in [7, 11) is 0. The van der Waals surface area contributed by atoms with E-state index in [1.807, 2.05) is 0 Å². The average Bonchev–Trinajstić information content (AvgIpc) is 2.24. The van der Waals surface area contributed by atoms with Crippen molar-refractivity contribution < 1.29 is 19.5 Å². The van der Waals surface area contributed by atoms with Crippen LogP contribution in [-0.2, 0) is 9.53 Å². The van der Waals surface area contributed by atoms with Crippen LogP contribution in [0.1, 0.15) is 13.8 Å². The van der Waals surface area contributed by atoms with E-state index in [2.05, 4.69) is 0 Å². The third-order valence-electron chi connectivity index (χ3n) is 2.93. The number of carbonyl (C=O) groups is 1. The van der Waals surface area contributed by atoms with E-state index in [-0.39, 0.29) is 17.1 Å². The van der Waals surface area contributed by atoms with Gasteiger partial charge in [0.15, 0.2) is 11.8 Å². The second-order valence-corrected chi connectivity index (χ2v) is 6.67. The minimum atomic E-state index is -1.66. The normalized spacial score (nSPS) is 21.4. The Hall–Kier alpha value is -0.000000000000000111. The van der Waals surface area contributed by atoms with Gasteiger partial charge >= 0.3 is 0 Å². The first kappa shape index (κ1) is 16.1. The summed E-state index contributed by atoms with van der Waals surface area (Å²) < 4.78 is 3.59. The highest BCUT2D eigenvalue weighted by molar-refractivity contribution is 6.68. The van der Waals surface area contributed by atoms with Gasteiger partial charge in [0.25, 0.3) is 0 Å². The lowest BCUT2D eigenvalue weighted by Gasteiger charge is -2.35. The van der Waals surface area contributed by atoms with Crippen molar-refractivity contribution in [2.24, 2.45) is 0 Å². The number of ether oxygens (including phenoxy) is 1. The third-order valence-corrected chi connectivity index (χ3v) is 3.58.